The van der Waals surface area contributed by atoms with Crippen LogP contribution in [0.5, 0.6) is 11.5 Å². The van der Waals surface area contributed by atoms with Gasteiger partial charge in [-0.05, 0) is 90.3 Å². The van der Waals surface area contributed by atoms with Crippen LogP contribution in [0.1, 0.15) is 117 Å². The maximum Gasteiger partial charge on any atom is 0.330 e. The summed E-state index contributed by atoms with van der Waals surface area (Å²) >= 11 is 0. The van der Waals surface area contributed by atoms with E-state index in [0.29, 0.717) is 49.4 Å². The number of methoxy groups -OCH3 is 2. The van der Waals surface area contributed by atoms with Crippen LogP contribution < -0.4 is 26.0 Å². The van der Waals surface area contributed by atoms with Crippen molar-refractivity contribution in [1.29, 1.82) is 0 Å². The lowest BCUT2D eigenvalue weighted by Crippen LogP contribution is -2.66. The Morgan fingerprint density at radius 3 is 1.85 bits per heavy atom. The van der Waals surface area contributed by atoms with E-state index in [2.05, 4.69) is 56.7 Å². The van der Waals surface area contributed by atoms with E-state index in [9.17, 15) is 28.8 Å². The number of morpholine rings is 1. The number of unbranched alkanes of at least 4 members (excludes halogenated alkanes) is 2. The molecule has 2 fully saturated rings. The number of esters is 3. The van der Waals surface area contributed by atoms with Crippen LogP contribution in [0, 0.1) is 6.92 Å². The number of carbonyl (C=O) groups is 4. The maximum atomic E-state index is 14.0. The molecule has 0 radical (unpaired) electrons. The number of hydrogen-bond acceptors (Lipinski definition) is 17. The fourth-order valence-electron chi connectivity index (χ4n) is 11.7. The number of hydrogen-bond donors (Lipinski definition) is 2. The molecule has 0 bridgehead atoms. The highest BCUT2D eigenvalue weighted by Gasteiger charge is 2.53. The van der Waals surface area contributed by atoms with Crippen molar-refractivity contribution in [1.82, 2.24) is 19.8 Å². The third kappa shape index (κ3) is 15.7. The van der Waals surface area contributed by atoms with Gasteiger partial charge in [-0.1, -0.05) is 96.1 Å². The first-order chi connectivity index (χ1) is 38.5. The number of aryl methyl sites for hydroxylation is 1. The second-order valence-electron chi connectivity index (χ2n) is 22.0. The molecular weight excluding hydrogens is 1060 g/mol. The van der Waals surface area contributed by atoms with E-state index >= 15 is 0 Å². The molecule has 3 aromatic carbocycles. The van der Waals surface area contributed by atoms with Gasteiger partial charge in [-0.15, -0.1) is 0 Å². The number of rotatable bonds is 27. The second kappa shape index (κ2) is 28.7. The normalized spacial score (nSPS) is 21.6. The Balaban J connectivity index is 1.37. The van der Waals surface area contributed by atoms with E-state index in [0.717, 1.165) is 16.7 Å². The molecule has 2 N–H and O–H groups in total. The lowest BCUT2D eigenvalue weighted by molar-refractivity contribution is -0.277. The summed E-state index contributed by atoms with van der Waals surface area (Å²) in [5.74, 6) is -1.18. The van der Waals surface area contributed by atoms with Gasteiger partial charge in [-0.2, -0.15) is 0 Å². The molecule has 2 aliphatic rings. The summed E-state index contributed by atoms with van der Waals surface area (Å²) < 4.78 is 64.4. The molecule has 2 aliphatic heterocycles. The monoisotopic (exact) mass is 1140 g/mol. The van der Waals surface area contributed by atoms with Crippen LogP contribution in [-0.4, -0.2) is 143 Å². The van der Waals surface area contributed by atoms with Crippen molar-refractivity contribution in [3.05, 3.63) is 128 Å². The number of benzene rings is 3. The van der Waals surface area contributed by atoms with E-state index < -0.39 is 91.5 Å². The van der Waals surface area contributed by atoms with Crippen molar-refractivity contribution in [3.63, 3.8) is 0 Å². The smallest absolute Gasteiger partial charge is 0.330 e. The number of ether oxygens (including phenoxy) is 9. The van der Waals surface area contributed by atoms with Gasteiger partial charge < -0.3 is 52.4 Å². The summed E-state index contributed by atoms with van der Waals surface area (Å²) in [6.45, 7) is 20.8. The molecule has 4 aromatic rings. The van der Waals surface area contributed by atoms with E-state index in [1.807, 2.05) is 78.9 Å². The van der Waals surface area contributed by atoms with E-state index in [1.54, 1.807) is 21.1 Å². The van der Waals surface area contributed by atoms with Crippen molar-refractivity contribution in [2.24, 2.45) is 0 Å². The molecule has 20 nitrogen and oxygen atoms in total. The fourth-order valence-corrected chi connectivity index (χ4v) is 17.2. The molecule has 6 rings (SSSR count). The van der Waals surface area contributed by atoms with Crippen LogP contribution in [0.2, 0.25) is 16.6 Å². The van der Waals surface area contributed by atoms with E-state index in [-0.39, 0.29) is 49.6 Å². The van der Waals surface area contributed by atoms with E-state index in [4.69, 9.17) is 47.1 Å². The molecule has 444 valence electrons. The Bertz CT molecular complexity index is 2760. The molecule has 0 aliphatic carbocycles. The highest BCUT2D eigenvalue weighted by atomic mass is 28.4. The minimum atomic E-state index is -2.62. The second-order valence-corrected chi connectivity index (χ2v) is 27.5. The average Bonchev–Trinajstić information content (AvgIpc) is 3.60. The molecule has 81 heavy (non-hydrogen) atoms. The van der Waals surface area contributed by atoms with Crippen LogP contribution in [-0.2, 0) is 62.4 Å². The van der Waals surface area contributed by atoms with Gasteiger partial charge in [-0.25, -0.2) is 4.79 Å². The Hall–Kier alpha value is -6.20. The van der Waals surface area contributed by atoms with Crippen molar-refractivity contribution in [3.8, 4) is 11.5 Å². The number of aromatic amines is 1. The van der Waals surface area contributed by atoms with E-state index in [1.165, 1.54) is 38.5 Å². The Morgan fingerprint density at radius 1 is 0.753 bits per heavy atom. The third-order valence-corrected chi connectivity index (χ3v) is 21.3. The number of nitrogens with zero attached hydrogens (tertiary/aromatic N) is 2. The van der Waals surface area contributed by atoms with Crippen molar-refractivity contribution >= 4 is 32.1 Å². The number of nitrogens with one attached hydrogen (secondary N) is 2. The zero-order valence-electron chi connectivity index (χ0n) is 49.3. The molecule has 21 heteroatoms. The van der Waals surface area contributed by atoms with Gasteiger partial charge in [0.15, 0.2) is 33.0 Å². The fraction of sp³-hybridized carbons (Fsp3) is 0.567. The van der Waals surface area contributed by atoms with Gasteiger partial charge in [0.2, 0.25) is 5.91 Å². The van der Waals surface area contributed by atoms with Crippen LogP contribution in [0.4, 0.5) is 0 Å². The average molecular weight is 1150 g/mol. The lowest BCUT2D eigenvalue weighted by atomic mass is 9.79. The highest BCUT2D eigenvalue weighted by molar-refractivity contribution is 6.77. The van der Waals surface area contributed by atoms with Crippen LogP contribution >= 0.6 is 0 Å². The van der Waals surface area contributed by atoms with Gasteiger partial charge in [-0.3, -0.25) is 38.4 Å². The van der Waals surface area contributed by atoms with Gasteiger partial charge in [0, 0.05) is 59.2 Å². The Labute approximate surface area is 476 Å². The molecular formula is C60H84N4O16Si. The predicted molar refractivity (Wildman–Crippen MR) is 304 cm³/mol. The standard InChI is InChI=1S/C60H84N4O16Si/c1-38(2)81(39(3)4,40(5)6)76-37-59(36-75-60(46-20-16-14-17-21-46,47-22-26-49(71-12)27-23-47)48-24-28-50(72-13)29-25-48)35-63(33-52(80-59)64-32-41(7)56(69)62-58(64)70)30-18-15-19-31-73-57-53(61-42(8)65)55(78-45(11)68)54(77-44(10)67)51(79-57)34-74-43(9)66/h14,16-17,20-29,32,38-40,51-55,57H,15,18-19,30-31,33-37H2,1-13H3,(H,61,65)(H,62,69,70)/t51-,52-,53-,54+,55-,57-,59+/m1/s1. The SMILES string of the molecule is COc1ccc(C(OC[C@]2(CO[Si](C(C)C)(C(C)C)C(C)C)CN(CCCCCO[C@@H]3O[C@H](COC(C)=O)[C@H](OC(C)=O)[C@H](OC(C)=O)[C@H]3NC(C)=O)C[C@H](n3cc(C)c(=O)[nH]c3=O)O2)(c2ccccc2)c2ccc(OC)cc2)cc1. The first kappa shape index (κ1) is 64.0. The Morgan fingerprint density at radius 2 is 1.32 bits per heavy atom. The van der Waals surface area contributed by atoms with Crippen molar-refractivity contribution in [2.45, 2.75) is 160 Å². The van der Waals surface area contributed by atoms with Gasteiger partial charge in [0.1, 0.15) is 41.5 Å². The quantitative estimate of drug-likeness (QED) is 0.0194. The topological polar surface area (TPSA) is 231 Å². The van der Waals surface area contributed by atoms with Crippen LogP contribution in [0.15, 0.2) is 94.6 Å². The van der Waals surface area contributed by atoms with Crippen LogP contribution in [0.3, 0.4) is 0 Å². The number of H-pyrrole nitrogens is 1. The molecule has 1 aromatic heterocycles. The third-order valence-electron chi connectivity index (χ3n) is 15.3. The largest absolute Gasteiger partial charge is 0.497 e. The molecule has 1 amide bonds. The maximum absolute atomic E-state index is 14.0. The summed E-state index contributed by atoms with van der Waals surface area (Å²) in [5, 5.41) is 2.75. The molecule has 0 spiro atoms. The zero-order chi connectivity index (χ0) is 59.2. The number of amides is 1. The first-order valence-corrected chi connectivity index (χ1v) is 30.0. The summed E-state index contributed by atoms with van der Waals surface area (Å²) in [6, 6.07) is 24.5. The zero-order valence-corrected chi connectivity index (χ0v) is 50.3. The highest BCUT2D eigenvalue weighted by Crippen LogP contribution is 2.46. The molecule has 0 unspecified atom stereocenters. The molecule has 0 saturated carbocycles. The van der Waals surface area contributed by atoms with Gasteiger partial charge >= 0.3 is 23.6 Å². The van der Waals surface area contributed by atoms with Gasteiger partial charge in [0.05, 0.1) is 27.4 Å². The minimum absolute atomic E-state index is 0.0292. The molecule has 3 heterocycles. The number of aromatic nitrogens is 2. The van der Waals surface area contributed by atoms with Crippen LogP contribution in [0.25, 0.3) is 0 Å². The van der Waals surface area contributed by atoms with Gasteiger partial charge in [0.25, 0.3) is 5.56 Å². The Kier molecular flexibility index (Phi) is 22.6. The predicted octanol–water partition coefficient (Wildman–Crippen LogP) is 7.48. The van der Waals surface area contributed by atoms with Crippen molar-refractivity contribution in [2.75, 3.05) is 60.3 Å². The first-order valence-electron chi connectivity index (χ1n) is 27.9. The summed E-state index contributed by atoms with van der Waals surface area (Å²) in [4.78, 5) is 80.8. The van der Waals surface area contributed by atoms with Crippen molar-refractivity contribution < 1.29 is 66.2 Å². The summed E-state index contributed by atoms with van der Waals surface area (Å²) in [5.41, 5.74) is -0.137. The molecule has 7 atom stereocenters. The number of carbonyl (C=O) groups excluding carboxylic acids is 4. The minimum Gasteiger partial charge on any atom is -0.497 e. The lowest BCUT2D eigenvalue weighted by Gasteiger charge is -2.50. The summed E-state index contributed by atoms with van der Waals surface area (Å²) in [7, 11) is 0.630. The molecule has 2 saturated heterocycles. The summed E-state index contributed by atoms with van der Waals surface area (Å²) in [6.07, 6.45) is -2.42.